The van der Waals surface area contributed by atoms with Gasteiger partial charge in [-0.05, 0) is 12.1 Å². The lowest BCUT2D eigenvalue weighted by atomic mass is 10.1. The lowest BCUT2D eigenvalue weighted by Gasteiger charge is -1.99. The van der Waals surface area contributed by atoms with Crippen LogP contribution in [0.1, 0.15) is 0 Å². The highest BCUT2D eigenvalue weighted by Gasteiger charge is 2.11. The average Bonchev–Trinajstić information content (AvgIpc) is 2.61. The van der Waals surface area contributed by atoms with Gasteiger partial charge in [-0.3, -0.25) is 0 Å². The number of aromatic nitrogens is 2. The molecule has 0 spiro atoms. The molecule has 2 rings (SSSR count). The fourth-order valence-corrected chi connectivity index (χ4v) is 1.47. The van der Waals surface area contributed by atoms with E-state index in [1.54, 1.807) is 18.2 Å². The van der Waals surface area contributed by atoms with E-state index in [4.69, 9.17) is 5.11 Å². The maximum Gasteiger partial charge on any atom is 0.209 e. The van der Waals surface area contributed by atoms with Crippen molar-refractivity contribution in [2.75, 3.05) is 6.61 Å². The highest BCUT2D eigenvalue weighted by Crippen LogP contribution is 2.24. The number of benzene rings is 1. The summed E-state index contributed by atoms with van der Waals surface area (Å²) in [7, 11) is 0. The minimum atomic E-state index is -0.392. The summed E-state index contributed by atoms with van der Waals surface area (Å²) in [5.41, 5.74) is 0.679. The van der Waals surface area contributed by atoms with Gasteiger partial charge >= 0.3 is 0 Å². The molecule has 84 valence electrons. The van der Waals surface area contributed by atoms with E-state index >= 15 is 0 Å². The first-order valence-electron chi connectivity index (χ1n) is 4.85. The van der Waals surface area contributed by atoms with Gasteiger partial charge in [0, 0.05) is 11.6 Å². The molecule has 2 aromatic rings. The number of hydrogen-bond acceptors (Lipinski definition) is 3. The summed E-state index contributed by atoms with van der Waals surface area (Å²) in [4.78, 5) is 0. The second-order valence-electron chi connectivity index (χ2n) is 3.31. The van der Waals surface area contributed by atoms with Gasteiger partial charge in [0.2, 0.25) is 5.88 Å². The number of hydrogen-bond donors (Lipinski definition) is 2. The fourth-order valence-electron chi connectivity index (χ4n) is 1.47. The number of aliphatic hydroxyl groups excluding tert-OH is 1. The maximum atomic E-state index is 13.4. The van der Waals surface area contributed by atoms with Crippen molar-refractivity contribution in [3.8, 4) is 17.1 Å². The highest BCUT2D eigenvalue weighted by molar-refractivity contribution is 5.60. The summed E-state index contributed by atoms with van der Waals surface area (Å²) in [6.45, 7) is 0.0479. The monoisotopic (exact) mass is 222 g/mol. The van der Waals surface area contributed by atoms with Crippen LogP contribution in [0.4, 0.5) is 4.39 Å². The Labute approximate surface area is 91.6 Å². The Morgan fingerprint density at radius 1 is 1.31 bits per heavy atom. The molecular weight excluding hydrogens is 211 g/mol. The molecular formula is C11H11FN2O2. The quantitative estimate of drug-likeness (QED) is 0.825. The molecule has 0 saturated heterocycles. The third-order valence-electron chi connectivity index (χ3n) is 2.22. The first-order valence-corrected chi connectivity index (χ1v) is 4.85. The molecule has 0 amide bonds. The largest absolute Gasteiger partial charge is 0.493 e. The zero-order valence-corrected chi connectivity index (χ0v) is 8.47. The molecule has 0 unspecified atom stereocenters. The lowest BCUT2D eigenvalue weighted by Crippen LogP contribution is -2.03. The lowest BCUT2D eigenvalue weighted by molar-refractivity contribution is 0.258. The van der Waals surface area contributed by atoms with Crippen LogP contribution in [0.5, 0.6) is 5.88 Å². The Kier molecular flexibility index (Phi) is 2.87. The fraction of sp³-hybridized carbons (Fsp3) is 0.182. The normalized spacial score (nSPS) is 10.6. The Hall–Kier alpha value is -1.88. The topological polar surface area (TPSA) is 58.3 Å². The molecule has 1 aromatic heterocycles. The summed E-state index contributed by atoms with van der Waals surface area (Å²) in [6.07, 6.45) is 0. The Balaban J connectivity index is 2.42. The van der Waals surface area contributed by atoms with Crippen LogP contribution in [-0.4, -0.2) is 26.6 Å². The Morgan fingerprint density at radius 2 is 2.06 bits per heavy atom. The molecule has 0 aliphatic heterocycles. The van der Waals surface area contributed by atoms with Crippen molar-refractivity contribution in [1.29, 1.82) is 0 Å². The number of nitrogens with zero attached hydrogens (tertiary/aromatic N) is 2. The van der Waals surface area contributed by atoms with Crippen LogP contribution in [0, 0.1) is 5.82 Å². The van der Waals surface area contributed by atoms with Crippen molar-refractivity contribution in [3.63, 3.8) is 0 Å². The zero-order chi connectivity index (χ0) is 11.5. The van der Waals surface area contributed by atoms with E-state index in [0.717, 1.165) is 0 Å². The van der Waals surface area contributed by atoms with Gasteiger partial charge < -0.3 is 10.2 Å². The van der Waals surface area contributed by atoms with E-state index in [-0.39, 0.29) is 19.0 Å². The van der Waals surface area contributed by atoms with E-state index in [9.17, 15) is 9.50 Å². The van der Waals surface area contributed by atoms with Crippen molar-refractivity contribution >= 4 is 0 Å². The first kappa shape index (κ1) is 10.6. The number of rotatable bonds is 3. The molecule has 0 saturated carbocycles. The summed E-state index contributed by atoms with van der Waals surface area (Å²) in [6, 6.07) is 7.57. The number of halogens is 1. The minimum absolute atomic E-state index is 0.0905. The van der Waals surface area contributed by atoms with Crippen LogP contribution in [0.25, 0.3) is 11.3 Å². The predicted molar refractivity (Wildman–Crippen MR) is 56.4 cm³/mol. The number of aromatic hydroxyl groups is 1. The molecule has 0 radical (unpaired) electrons. The summed E-state index contributed by atoms with van der Waals surface area (Å²) in [5, 5.41) is 22.2. The van der Waals surface area contributed by atoms with Crippen molar-refractivity contribution in [2.24, 2.45) is 0 Å². The molecule has 0 fully saturated rings. The van der Waals surface area contributed by atoms with Crippen molar-refractivity contribution in [1.82, 2.24) is 9.78 Å². The van der Waals surface area contributed by atoms with E-state index in [0.29, 0.717) is 11.3 Å². The molecule has 5 heteroatoms. The van der Waals surface area contributed by atoms with Gasteiger partial charge in [0.15, 0.2) is 0 Å². The smallest absolute Gasteiger partial charge is 0.209 e. The van der Waals surface area contributed by atoms with E-state index in [1.165, 1.54) is 16.8 Å². The van der Waals surface area contributed by atoms with Crippen LogP contribution in [0.2, 0.25) is 0 Å². The van der Waals surface area contributed by atoms with Gasteiger partial charge in [-0.15, -0.1) is 0 Å². The molecule has 0 bridgehead atoms. The second-order valence-corrected chi connectivity index (χ2v) is 3.31. The molecule has 0 atom stereocenters. The Bertz CT molecular complexity index is 496. The van der Waals surface area contributed by atoms with Gasteiger partial charge in [-0.25, -0.2) is 9.07 Å². The van der Waals surface area contributed by atoms with Crippen LogP contribution in [0.3, 0.4) is 0 Å². The van der Waals surface area contributed by atoms with Crippen LogP contribution in [0.15, 0.2) is 30.3 Å². The average molecular weight is 222 g/mol. The third kappa shape index (κ3) is 1.90. The molecule has 0 aliphatic rings. The minimum Gasteiger partial charge on any atom is -0.493 e. The van der Waals surface area contributed by atoms with Gasteiger partial charge in [0.05, 0.1) is 18.8 Å². The van der Waals surface area contributed by atoms with Crippen LogP contribution < -0.4 is 0 Å². The molecule has 16 heavy (non-hydrogen) atoms. The molecule has 0 aliphatic carbocycles. The standard InChI is InChI=1S/C11H11FN2O2/c12-9-4-2-1-3-8(9)10-7-11(16)14(13-10)5-6-15/h1-4,7,15-16H,5-6H2. The van der Waals surface area contributed by atoms with Gasteiger partial charge in [0.25, 0.3) is 0 Å². The van der Waals surface area contributed by atoms with E-state index in [2.05, 4.69) is 5.10 Å². The van der Waals surface area contributed by atoms with Gasteiger partial charge in [-0.1, -0.05) is 12.1 Å². The number of aliphatic hydroxyl groups is 1. The predicted octanol–water partition coefficient (Wildman–Crippen LogP) is 1.39. The molecule has 4 nitrogen and oxygen atoms in total. The summed E-state index contributed by atoms with van der Waals surface area (Å²) >= 11 is 0. The van der Waals surface area contributed by atoms with Crippen LogP contribution in [-0.2, 0) is 6.54 Å². The SMILES string of the molecule is OCCn1nc(-c2ccccc2F)cc1O. The second kappa shape index (κ2) is 4.32. The van der Waals surface area contributed by atoms with E-state index < -0.39 is 5.82 Å². The zero-order valence-electron chi connectivity index (χ0n) is 8.47. The maximum absolute atomic E-state index is 13.4. The first-order chi connectivity index (χ1) is 7.72. The summed E-state index contributed by atoms with van der Waals surface area (Å²) < 4.78 is 14.6. The molecule has 2 N–H and O–H groups in total. The van der Waals surface area contributed by atoms with Gasteiger partial charge in [0.1, 0.15) is 5.82 Å². The highest BCUT2D eigenvalue weighted by atomic mass is 19.1. The van der Waals surface area contributed by atoms with Gasteiger partial charge in [-0.2, -0.15) is 5.10 Å². The van der Waals surface area contributed by atoms with Crippen molar-refractivity contribution in [2.45, 2.75) is 6.54 Å². The Morgan fingerprint density at radius 3 is 2.75 bits per heavy atom. The van der Waals surface area contributed by atoms with Crippen molar-refractivity contribution < 1.29 is 14.6 Å². The van der Waals surface area contributed by atoms with E-state index in [1.807, 2.05) is 0 Å². The molecule has 1 aromatic carbocycles. The summed E-state index contributed by atoms with van der Waals surface area (Å²) in [5.74, 6) is -0.483. The third-order valence-corrected chi connectivity index (χ3v) is 2.22. The van der Waals surface area contributed by atoms with Crippen molar-refractivity contribution in [3.05, 3.63) is 36.1 Å². The van der Waals surface area contributed by atoms with Crippen LogP contribution >= 0.6 is 0 Å². The molecule has 1 heterocycles.